The summed E-state index contributed by atoms with van der Waals surface area (Å²) in [5.41, 5.74) is 2.99. The summed E-state index contributed by atoms with van der Waals surface area (Å²) in [7, 11) is 1.86. The van der Waals surface area contributed by atoms with Crippen molar-refractivity contribution < 1.29 is 9.18 Å². The molecular weight excluding hydrogens is 341 g/mol. The van der Waals surface area contributed by atoms with Gasteiger partial charge in [0.15, 0.2) is 0 Å². The van der Waals surface area contributed by atoms with Crippen molar-refractivity contribution in [2.45, 2.75) is 25.8 Å². The van der Waals surface area contributed by atoms with Gasteiger partial charge in [0.05, 0.1) is 6.20 Å². The summed E-state index contributed by atoms with van der Waals surface area (Å²) in [5.74, 6) is -0.314. The van der Waals surface area contributed by atoms with E-state index in [2.05, 4.69) is 5.10 Å². The van der Waals surface area contributed by atoms with E-state index in [1.807, 2.05) is 55.4 Å². The van der Waals surface area contributed by atoms with Crippen LogP contribution in [-0.2, 0) is 18.4 Å². The lowest BCUT2D eigenvalue weighted by molar-refractivity contribution is -0.131. The second-order valence-electron chi connectivity index (χ2n) is 6.65. The van der Waals surface area contributed by atoms with Crippen LogP contribution < -0.4 is 0 Å². The van der Waals surface area contributed by atoms with Crippen LogP contribution >= 0.6 is 0 Å². The third kappa shape index (κ3) is 4.82. The van der Waals surface area contributed by atoms with Gasteiger partial charge in [-0.1, -0.05) is 42.5 Å². The van der Waals surface area contributed by atoms with Gasteiger partial charge in [-0.2, -0.15) is 5.10 Å². The molecule has 4 nitrogen and oxygen atoms in total. The first-order chi connectivity index (χ1) is 13.1. The number of aromatic nitrogens is 2. The predicted molar refractivity (Wildman–Crippen MR) is 104 cm³/mol. The van der Waals surface area contributed by atoms with Gasteiger partial charge >= 0.3 is 0 Å². The van der Waals surface area contributed by atoms with E-state index in [-0.39, 0.29) is 17.6 Å². The minimum absolute atomic E-state index is 0.0690. The molecular formula is C22H24FN3O. The molecule has 1 amide bonds. The van der Waals surface area contributed by atoms with Crippen LogP contribution in [0.15, 0.2) is 67.0 Å². The van der Waals surface area contributed by atoms with Crippen molar-refractivity contribution in [1.29, 1.82) is 0 Å². The van der Waals surface area contributed by atoms with E-state index in [9.17, 15) is 9.18 Å². The molecule has 1 aromatic heterocycles. The predicted octanol–water partition coefficient (Wildman–Crippen LogP) is 4.13. The lowest BCUT2D eigenvalue weighted by Gasteiger charge is -2.24. The number of rotatable bonds is 7. The standard InChI is InChI=1S/C22H24FN3O/c1-3-26(16-17-14-24-25(2)15-17)22(27)13-21(18-7-5-4-6-8-18)19-9-11-20(23)12-10-19/h4-12,14-15,21H,3,13,16H2,1-2H3/t21-/m1/s1. The summed E-state index contributed by atoms with van der Waals surface area (Å²) in [4.78, 5) is 14.9. The molecule has 27 heavy (non-hydrogen) atoms. The molecule has 0 aliphatic heterocycles. The van der Waals surface area contributed by atoms with Crippen molar-refractivity contribution in [2.24, 2.45) is 7.05 Å². The number of aryl methyl sites for hydroxylation is 1. The van der Waals surface area contributed by atoms with Gasteiger partial charge in [-0.05, 0) is 30.2 Å². The van der Waals surface area contributed by atoms with Gasteiger partial charge in [0, 0.05) is 44.2 Å². The molecule has 0 bridgehead atoms. The van der Waals surface area contributed by atoms with Crippen molar-refractivity contribution in [2.75, 3.05) is 6.54 Å². The summed E-state index contributed by atoms with van der Waals surface area (Å²) in [5, 5.41) is 4.17. The van der Waals surface area contributed by atoms with E-state index < -0.39 is 0 Å². The molecule has 3 aromatic rings. The quantitative estimate of drug-likeness (QED) is 0.631. The third-order valence-electron chi connectivity index (χ3n) is 4.72. The zero-order valence-corrected chi connectivity index (χ0v) is 15.7. The summed E-state index contributed by atoms with van der Waals surface area (Å²) in [6.07, 6.45) is 4.04. The SMILES string of the molecule is CCN(Cc1cnn(C)c1)C(=O)C[C@H](c1ccccc1)c1ccc(F)cc1. The van der Waals surface area contributed by atoms with Gasteiger partial charge in [-0.25, -0.2) is 4.39 Å². The third-order valence-corrected chi connectivity index (χ3v) is 4.72. The van der Waals surface area contributed by atoms with Gasteiger partial charge < -0.3 is 4.90 Å². The molecule has 0 unspecified atom stereocenters. The summed E-state index contributed by atoms with van der Waals surface area (Å²) in [6, 6.07) is 16.3. The Balaban J connectivity index is 1.82. The van der Waals surface area contributed by atoms with Gasteiger partial charge in [-0.15, -0.1) is 0 Å². The highest BCUT2D eigenvalue weighted by molar-refractivity contribution is 5.77. The second-order valence-corrected chi connectivity index (χ2v) is 6.65. The van der Waals surface area contributed by atoms with E-state index >= 15 is 0 Å². The average molecular weight is 365 g/mol. The van der Waals surface area contributed by atoms with E-state index in [0.717, 1.165) is 16.7 Å². The van der Waals surface area contributed by atoms with Crippen molar-refractivity contribution in [1.82, 2.24) is 14.7 Å². The van der Waals surface area contributed by atoms with Crippen LogP contribution in [0.4, 0.5) is 4.39 Å². The Hall–Kier alpha value is -2.95. The number of amides is 1. The lowest BCUT2D eigenvalue weighted by atomic mass is 9.88. The summed E-state index contributed by atoms with van der Waals surface area (Å²) in [6.45, 7) is 3.14. The molecule has 0 saturated heterocycles. The number of benzene rings is 2. The minimum Gasteiger partial charge on any atom is -0.339 e. The maximum Gasteiger partial charge on any atom is 0.223 e. The fraction of sp³-hybridized carbons (Fsp3) is 0.273. The Kier molecular flexibility index (Phi) is 6.01. The molecule has 5 heteroatoms. The van der Waals surface area contributed by atoms with Gasteiger partial charge in [0.2, 0.25) is 5.91 Å². The summed E-state index contributed by atoms with van der Waals surface area (Å²) < 4.78 is 15.1. The number of nitrogens with zero attached hydrogens (tertiary/aromatic N) is 3. The monoisotopic (exact) mass is 365 g/mol. The Bertz CT molecular complexity index is 874. The van der Waals surface area contributed by atoms with Gasteiger partial charge in [0.1, 0.15) is 5.82 Å². The van der Waals surface area contributed by atoms with Crippen LogP contribution in [0.1, 0.15) is 36.0 Å². The fourth-order valence-corrected chi connectivity index (χ4v) is 3.26. The smallest absolute Gasteiger partial charge is 0.223 e. The molecule has 0 fully saturated rings. The van der Waals surface area contributed by atoms with E-state index in [0.29, 0.717) is 19.5 Å². The zero-order chi connectivity index (χ0) is 19.2. The van der Waals surface area contributed by atoms with Gasteiger partial charge in [0.25, 0.3) is 0 Å². The number of carbonyl (C=O) groups excluding carboxylic acids is 1. The van der Waals surface area contributed by atoms with Crippen LogP contribution in [0.5, 0.6) is 0 Å². The molecule has 140 valence electrons. The fourth-order valence-electron chi connectivity index (χ4n) is 3.26. The molecule has 1 heterocycles. The average Bonchev–Trinajstić information content (AvgIpc) is 3.10. The number of carbonyl (C=O) groups is 1. The topological polar surface area (TPSA) is 38.1 Å². The molecule has 2 aromatic carbocycles. The number of hydrogen-bond donors (Lipinski definition) is 0. The second kappa shape index (κ2) is 8.62. The molecule has 0 radical (unpaired) electrons. The molecule has 0 N–H and O–H groups in total. The Morgan fingerprint density at radius 1 is 1.11 bits per heavy atom. The lowest BCUT2D eigenvalue weighted by Crippen LogP contribution is -2.31. The molecule has 1 atom stereocenters. The van der Waals surface area contributed by atoms with Crippen molar-refractivity contribution >= 4 is 5.91 Å². The molecule has 0 spiro atoms. The van der Waals surface area contributed by atoms with Crippen LogP contribution in [-0.4, -0.2) is 27.1 Å². The first kappa shape index (κ1) is 18.8. The first-order valence-electron chi connectivity index (χ1n) is 9.12. The Morgan fingerprint density at radius 3 is 2.37 bits per heavy atom. The molecule has 0 aliphatic carbocycles. The van der Waals surface area contributed by atoms with E-state index in [1.165, 1.54) is 12.1 Å². The maximum absolute atomic E-state index is 13.4. The molecule has 0 saturated carbocycles. The number of hydrogen-bond acceptors (Lipinski definition) is 2. The minimum atomic E-state index is -0.274. The normalized spacial score (nSPS) is 12.0. The Morgan fingerprint density at radius 2 is 1.78 bits per heavy atom. The largest absolute Gasteiger partial charge is 0.339 e. The van der Waals surface area contributed by atoms with Gasteiger partial charge in [-0.3, -0.25) is 9.48 Å². The highest BCUT2D eigenvalue weighted by Crippen LogP contribution is 2.29. The van der Waals surface area contributed by atoms with Crippen molar-refractivity contribution in [3.8, 4) is 0 Å². The molecule has 3 rings (SSSR count). The highest BCUT2D eigenvalue weighted by Gasteiger charge is 2.22. The highest BCUT2D eigenvalue weighted by atomic mass is 19.1. The summed E-state index contributed by atoms with van der Waals surface area (Å²) >= 11 is 0. The van der Waals surface area contributed by atoms with E-state index in [4.69, 9.17) is 0 Å². The number of halogens is 1. The van der Waals surface area contributed by atoms with Crippen LogP contribution in [0.25, 0.3) is 0 Å². The molecule has 0 aliphatic rings. The maximum atomic E-state index is 13.4. The zero-order valence-electron chi connectivity index (χ0n) is 15.7. The van der Waals surface area contributed by atoms with Crippen molar-refractivity contribution in [3.05, 3.63) is 89.5 Å². The van der Waals surface area contributed by atoms with Crippen LogP contribution in [0, 0.1) is 5.82 Å². The first-order valence-corrected chi connectivity index (χ1v) is 9.12. The van der Waals surface area contributed by atoms with E-state index in [1.54, 1.807) is 23.0 Å². The van der Waals surface area contributed by atoms with Crippen molar-refractivity contribution in [3.63, 3.8) is 0 Å². The van der Waals surface area contributed by atoms with Crippen LogP contribution in [0.3, 0.4) is 0 Å². The van der Waals surface area contributed by atoms with Crippen LogP contribution in [0.2, 0.25) is 0 Å². The Labute approximate surface area is 159 Å².